The smallest absolute Gasteiger partial charge is 0.0760 e. The van der Waals surface area contributed by atoms with E-state index in [0.717, 1.165) is 18.8 Å². The number of likely N-dealkylation sites (N-methyl/N-ethyl adjacent to an activating group) is 1. The Hall–Kier alpha value is -0.930. The third-order valence-corrected chi connectivity index (χ3v) is 3.93. The molecule has 4 atom stereocenters. The van der Waals surface area contributed by atoms with Crippen LogP contribution in [-0.2, 0) is 4.74 Å². The van der Waals surface area contributed by atoms with Gasteiger partial charge < -0.3 is 10.1 Å². The van der Waals surface area contributed by atoms with E-state index in [1.807, 2.05) is 12.3 Å². The molecule has 0 aromatic carbocycles. The Morgan fingerprint density at radius 1 is 1.50 bits per heavy atom. The quantitative estimate of drug-likeness (QED) is 0.869. The third kappa shape index (κ3) is 2.90. The number of nitrogens with zero attached hydrogens (tertiary/aromatic N) is 1. The predicted molar refractivity (Wildman–Crippen MR) is 73.6 cm³/mol. The SMILES string of the molecule is CCNC(C(C)c1ccccn1)C1OCCC1C. The lowest BCUT2D eigenvalue weighted by molar-refractivity contribution is 0.0538. The van der Waals surface area contributed by atoms with Gasteiger partial charge in [-0.15, -0.1) is 0 Å². The van der Waals surface area contributed by atoms with Crippen molar-refractivity contribution in [2.24, 2.45) is 5.92 Å². The average molecular weight is 248 g/mol. The molecule has 1 aromatic rings. The molecule has 18 heavy (non-hydrogen) atoms. The van der Waals surface area contributed by atoms with Gasteiger partial charge in [0.2, 0.25) is 0 Å². The summed E-state index contributed by atoms with van der Waals surface area (Å²) in [5.41, 5.74) is 1.14. The van der Waals surface area contributed by atoms with Crippen LogP contribution < -0.4 is 5.32 Å². The lowest BCUT2D eigenvalue weighted by atomic mass is 9.87. The molecule has 2 rings (SSSR count). The molecule has 3 heteroatoms. The Morgan fingerprint density at radius 2 is 2.33 bits per heavy atom. The number of pyridine rings is 1. The molecule has 3 nitrogen and oxygen atoms in total. The summed E-state index contributed by atoms with van der Waals surface area (Å²) in [7, 11) is 0. The first-order valence-electron chi connectivity index (χ1n) is 7.00. The number of hydrogen-bond donors (Lipinski definition) is 1. The van der Waals surface area contributed by atoms with Crippen LogP contribution in [-0.4, -0.2) is 30.3 Å². The second-order valence-electron chi connectivity index (χ2n) is 5.23. The van der Waals surface area contributed by atoms with E-state index in [1.165, 1.54) is 6.42 Å². The zero-order valence-corrected chi connectivity index (χ0v) is 11.6. The largest absolute Gasteiger partial charge is 0.376 e. The maximum atomic E-state index is 5.93. The second kappa shape index (κ2) is 6.30. The van der Waals surface area contributed by atoms with E-state index in [0.29, 0.717) is 24.0 Å². The lowest BCUT2D eigenvalue weighted by Gasteiger charge is -2.31. The first-order chi connectivity index (χ1) is 8.74. The highest BCUT2D eigenvalue weighted by Gasteiger charge is 2.35. The molecule has 0 aliphatic carbocycles. The van der Waals surface area contributed by atoms with Gasteiger partial charge in [-0.25, -0.2) is 0 Å². The van der Waals surface area contributed by atoms with E-state index < -0.39 is 0 Å². The van der Waals surface area contributed by atoms with Crippen LogP contribution in [0.5, 0.6) is 0 Å². The van der Waals surface area contributed by atoms with Crippen LogP contribution in [0.25, 0.3) is 0 Å². The van der Waals surface area contributed by atoms with Crippen molar-refractivity contribution >= 4 is 0 Å². The minimum atomic E-state index is 0.307. The molecule has 1 aliphatic rings. The van der Waals surface area contributed by atoms with Crippen LogP contribution in [0.15, 0.2) is 24.4 Å². The first kappa shape index (κ1) is 13.5. The Kier molecular flexibility index (Phi) is 4.72. The maximum Gasteiger partial charge on any atom is 0.0760 e. The van der Waals surface area contributed by atoms with Gasteiger partial charge in [0, 0.05) is 30.5 Å². The number of aromatic nitrogens is 1. The van der Waals surface area contributed by atoms with Crippen LogP contribution in [0.1, 0.15) is 38.8 Å². The van der Waals surface area contributed by atoms with Gasteiger partial charge in [-0.05, 0) is 31.0 Å². The summed E-state index contributed by atoms with van der Waals surface area (Å²) < 4.78 is 5.93. The minimum Gasteiger partial charge on any atom is -0.376 e. The van der Waals surface area contributed by atoms with Crippen LogP contribution in [0.4, 0.5) is 0 Å². The summed E-state index contributed by atoms with van der Waals surface area (Å²) in [4.78, 5) is 4.48. The molecule has 1 aromatic heterocycles. The molecule has 0 saturated carbocycles. The molecule has 2 heterocycles. The Balaban J connectivity index is 2.14. The molecule has 1 saturated heterocycles. The lowest BCUT2D eigenvalue weighted by Crippen LogP contribution is -2.45. The molecule has 0 radical (unpaired) electrons. The number of ether oxygens (including phenoxy) is 1. The summed E-state index contributed by atoms with van der Waals surface area (Å²) in [6.07, 6.45) is 3.34. The van der Waals surface area contributed by atoms with Gasteiger partial charge in [0.25, 0.3) is 0 Å². The van der Waals surface area contributed by atoms with Crippen molar-refractivity contribution in [1.82, 2.24) is 10.3 Å². The van der Waals surface area contributed by atoms with Gasteiger partial charge in [-0.2, -0.15) is 0 Å². The van der Waals surface area contributed by atoms with Crippen LogP contribution in [0.2, 0.25) is 0 Å². The van der Waals surface area contributed by atoms with Crippen molar-refractivity contribution in [2.75, 3.05) is 13.2 Å². The summed E-state index contributed by atoms with van der Waals surface area (Å²) in [6, 6.07) is 6.48. The van der Waals surface area contributed by atoms with Crippen molar-refractivity contribution in [3.8, 4) is 0 Å². The van der Waals surface area contributed by atoms with Crippen LogP contribution >= 0.6 is 0 Å². The summed E-state index contributed by atoms with van der Waals surface area (Å²) >= 11 is 0. The van der Waals surface area contributed by atoms with Gasteiger partial charge in [0.15, 0.2) is 0 Å². The van der Waals surface area contributed by atoms with E-state index >= 15 is 0 Å². The second-order valence-corrected chi connectivity index (χ2v) is 5.23. The fraction of sp³-hybridized carbons (Fsp3) is 0.667. The highest BCUT2D eigenvalue weighted by Crippen LogP contribution is 2.29. The molecule has 1 N–H and O–H groups in total. The van der Waals surface area contributed by atoms with E-state index in [9.17, 15) is 0 Å². The zero-order chi connectivity index (χ0) is 13.0. The molecule has 1 fully saturated rings. The monoisotopic (exact) mass is 248 g/mol. The maximum absolute atomic E-state index is 5.93. The molecule has 0 amide bonds. The number of rotatable bonds is 5. The standard InChI is InChI=1S/C15H24N2O/c1-4-16-14(15-11(2)8-10-18-15)12(3)13-7-5-6-9-17-13/h5-7,9,11-12,14-16H,4,8,10H2,1-3H3. The van der Waals surface area contributed by atoms with E-state index in [-0.39, 0.29) is 0 Å². The van der Waals surface area contributed by atoms with E-state index in [4.69, 9.17) is 4.74 Å². The van der Waals surface area contributed by atoms with Crippen LogP contribution in [0.3, 0.4) is 0 Å². The van der Waals surface area contributed by atoms with E-state index in [2.05, 4.69) is 43.2 Å². The average Bonchev–Trinajstić information content (AvgIpc) is 2.82. The van der Waals surface area contributed by atoms with Gasteiger partial charge in [0.05, 0.1) is 6.10 Å². The van der Waals surface area contributed by atoms with Crippen LogP contribution in [0, 0.1) is 5.92 Å². The van der Waals surface area contributed by atoms with E-state index in [1.54, 1.807) is 0 Å². The summed E-state index contributed by atoms with van der Waals surface area (Å²) in [5.74, 6) is 0.997. The molecule has 4 unspecified atom stereocenters. The topological polar surface area (TPSA) is 34.2 Å². The van der Waals surface area contributed by atoms with Crippen molar-refractivity contribution < 1.29 is 4.74 Å². The van der Waals surface area contributed by atoms with Crippen molar-refractivity contribution in [2.45, 2.75) is 45.3 Å². The van der Waals surface area contributed by atoms with Gasteiger partial charge >= 0.3 is 0 Å². The van der Waals surface area contributed by atoms with Crippen molar-refractivity contribution in [3.05, 3.63) is 30.1 Å². The molecule has 100 valence electrons. The molecule has 0 bridgehead atoms. The van der Waals surface area contributed by atoms with Gasteiger partial charge in [0.1, 0.15) is 0 Å². The molecular formula is C15H24N2O. The van der Waals surface area contributed by atoms with Crippen molar-refractivity contribution in [3.63, 3.8) is 0 Å². The van der Waals surface area contributed by atoms with Crippen molar-refractivity contribution in [1.29, 1.82) is 0 Å². The molecule has 1 aliphatic heterocycles. The Bertz CT molecular complexity index is 355. The third-order valence-electron chi connectivity index (χ3n) is 3.93. The zero-order valence-electron chi connectivity index (χ0n) is 11.6. The fourth-order valence-electron chi connectivity index (χ4n) is 2.82. The summed E-state index contributed by atoms with van der Waals surface area (Å²) in [6.45, 7) is 8.53. The number of nitrogens with one attached hydrogen (secondary N) is 1. The molecular weight excluding hydrogens is 224 g/mol. The highest BCUT2D eigenvalue weighted by atomic mass is 16.5. The van der Waals surface area contributed by atoms with Gasteiger partial charge in [-0.3, -0.25) is 4.98 Å². The Morgan fingerprint density at radius 3 is 2.89 bits per heavy atom. The normalized spacial score (nSPS) is 27.1. The number of hydrogen-bond acceptors (Lipinski definition) is 3. The molecule has 0 spiro atoms. The fourth-order valence-corrected chi connectivity index (χ4v) is 2.82. The first-order valence-corrected chi connectivity index (χ1v) is 7.00. The van der Waals surface area contributed by atoms with Gasteiger partial charge in [-0.1, -0.05) is 26.8 Å². The Labute approximate surface area is 110 Å². The predicted octanol–water partition coefficient (Wildman–Crippen LogP) is 2.59. The summed E-state index contributed by atoms with van der Waals surface area (Å²) in [5, 5.41) is 3.59. The highest BCUT2D eigenvalue weighted by molar-refractivity contribution is 5.12. The minimum absolute atomic E-state index is 0.307.